The molecule has 0 radical (unpaired) electrons. The summed E-state index contributed by atoms with van der Waals surface area (Å²) in [6.45, 7) is 5.36. The van der Waals surface area contributed by atoms with Crippen molar-refractivity contribution in [3.8, 4) is 0 Å². The van der Waals surface area contributed by atoms with Crippen LogP contribution in [-0.2, 0) is 6.18 Å². The summed E-state index contributed by atoms with van der Waals surface area (Å²) in [5.74, 6) is 0. The van der Waals surface area contributed by atoms with Crippen LogP contribution >= 0.6 is 15.9 Å². The quantitative estimate of drug-likeness (QED) is 0.812. The lowest BCUT2D eigenvalue weighted by molar-refractivity contribution is -0.137. The number of hydrogen-bond acceptors (Lipinski definition) is 1. The molecule has 0 heterocycles. The standard InChI is InChI=1S/C11H11BrF3N/c1-3-7(2)16-10-5-8(11(13,14)15)4-9(12)6-10/h3-7,16H,1H2,2H3. The van der Waals surface area contributed by atoms with Gasteiger partial charge in [-0.25, -0.2) is 0 Å². The molecule has 0 amide bonds. The molecule has 16 heavy (non-hydrogen) atoms. The predicted molar refractivity (Wildman–Crippen MR) is 62.4 cm³/mol. The van der Waals surface area contributed by atoms with E-state index in [4.69, 9.17) is 0 Å². The van der Waals surface area contributed by atoms with Gasteiger partial charge >= 0.3 is 6.18 Å². The van der Waals surface area contributed by atoms with E-state index < -0.39 is 11.7 Å². The number of hydrogen-bond donors (Lipinski definition) is 1. The lowest BCUT2D eigenvalue weighted by Gasteiger charge is -2.14. The molecular formula is C11H11BrF3N. The lowest BCUT2D eigenvalue weighted by atomic mass is 10.2. The maximum absolute atomic E-state index is 12.5. The second kappa shape index (κ2) is 4.91. The Kier molecular flexibility index (Phi) is 4.02. The Labute approximate surface area is 100 Å². The first-order valence-corrected chi connectivity index (χ1v) is 5.39. The van der Waals surface area contributed by atoms with Crippen LogP contribution in [0.4, 0.5) is 18.9 Å². The van der Waals surface area contributed by atoms with Crippen LogP contribution in [0.1, 0.15) is 12.5 Å². The van der Waals surface area contributed by atoms with E-state index in [2.05, 4.69) is 27.8 Å². The summed E-state index contributed by atoms with van der Waals surface area (Å²) in [6.07, 6.45) is -2.72. The molecule has 1 atom stereocenters. The summed E-state index contributed by atoms with van der Waals surface area (Å²) in [4.78, 5) is 0. The largest absolute Gasteiger partial charge is 0.416 e. The van der Waals surface area contributed by atoms with Crippen LogP contribution in [0.2, 0.25) is 0 Å². The first-order valence-electron chi connectivity index (χ1n) is 4.60. The van der Waals surface area contributed by atoms with E-state index in [0.29, 0.717) is 10.2 Å². The van der Waals surface area contributed by atoms with Crippen LogP contribution in [0, 0.1) is 0 Å². The Morgan fingerprint density at radius 1 is 1.38 bits per heavy atom. The zero-order valence-corrected chi connectivity index (χ0v) is 10.2. The van der Waals surface area contributed by atoms with Gasteiger partial charge in [-0.2, -0.15) is 13.2 Å². The van der Waals surface area contributed by atoms with Crippen molar-refractivity contribution < 1.29 is 13.2 Å². The van der Waals surface area contributed by atoms with E-state index >= 15 is 0 Å². The van der Waals surface area contributed by atoms with Crippen molar-refractivity contribution in [2.24, 2.45) is 0 Å². The van der Waals surface area contributed by atoms with Crippen molar-refractivity contribution in [1.29, 1.82) is 0 Å². The molecule has 0 saturated heterocycles. The zero-order valence-electron chi connectivity index (χ0n) is 8.61. The summed E-state index contributed by atoms with van der Waals surface area (Å²) in [5, 5.41) is 2.90. The predicted octanol–water partition coefficient (Wildman–Crippen LogP) is 4.45. The second-order valence-corrected chi connectivity index (χ2v) is 4.31. The van der Waals surface area contributed by atoms with Crippen LogP contribution in [-0.4, -0.2) is 6.04 Å². The molecule has 0 spiro atoms. The first kappa shape index (κ1) is 13.1. The van der Waals surface area contributed by atoms with Crippen LogP contribution in [0.25, 0.3) is 0 Å². The molecule has 0 aliphatic heterocycles. The molecule has 0 fully saturated rings. The molecule has 0 aliphatic carbocycles. The van der Waals surface area contributed by atoms with Crippen LogP contribution < -0.4 is 5.32 Å². The minimum Gasteiger partial charge on any atom is -0.379 e. The third kappa shape index (κ3) is 3.56. The molecule has 1 aromatic carbocycles. The molecule has 1 unspecified atom stereocenters. The van der Waals surface area contributed by atoms with Gasteiger partial charge in [-0.3, -0.25) is 0 Å². The first-order chi connectivity index (χ1) is 7.32. The Hall–Kier alpha value is -0.970. The fraction of sp³-hybridized carbons (Fsp3) is 0.273. The van der Waals surface area contributed by atoms with E-state index in [-0.39, 0.29) is 6.04 Å². The average molecular weight is 294 g/mol. The van der Waals surface area contributed by atoms with Gasteiger partial charge in [0, 0.05) is 16.2 Å². The van der Waals surface area contributed by atoms with Crippen LogP contribution in [0.5, 0.6) is 0 Å². The van der Waals surface area contributed by atoms with E-state index in [1.165, 1.54) is 0 Å². The van der Waals surface area contributed by atoms with Crippen molar-refractivity contribution in [2.75, 3.05) is 5.32 Å². The normalized spacial score (nSPS) is 13.3. The van der Waals surface area contributed by atoms with Crippen molar-refractivity contribution in [1.82, 2.24) is 0 Å². The Bertz CT molecular complexity index is 387. The van der Waals surface area contributed by atoms with Crippen molar-refractivity contribution in [2.45, 2.75) is 19.1 Å². The highest BCUT2D eigenvalue weighted by molar-refractivity contribution is 9.10. The molecule has 0 aromatic heterocycles. The topological polar surface area (TPSA) is 12.0 Å². The summed E-state index contributed by atoms with van der Waals surface area (Å²) in [5.41, 5.74) is -0.269. The minimum absolute atomic E-state index is 0.0876. The summed E-state index contributed by atoms with van der Waals surface area (Å²) in [7, 11) is 0. The van der Waals surface area contributed by atoms with Gasteiger partial charge in [-0.1, -0.05) is 22.0 Å². The maximum atomic E-state index is 12.5. The Morgan fingerprint density at radius 2 is 2.00 bits per heavy atom. The van der Waals surface area contributed by atoms with E-state index in [0.717, 1.165) is 12.1 Å². The number of alkyl halides is 3. The van der Waals surface area contributed by atoms with Gasteiger partial charge in [0.1, 0.15) is 0 Å². The molecule has 0 aliphatic rings. The fourth-order valence-corrected chi connectivity index (χ4v) is 1.65. The molecule has 1 N–H and O–H groups in total. The van der Waals surface area contributed by atoms with Crippen LogP contribution in [0.15, 0.2) is 35.3 Å². The third-order valence-electron chi connectivity index (χ3n) is 1.97. The van der Waals surface area contributed by atoms with Crippen molar-refractivity contribution >= 4 is 21.6 Å². The number of halogens is 4. The van der Waals surface area contributed by atoms with E-state index in [9.17, 15) is 13.2 Å². The molecule has 88 valence electrons. The number of rotatable bonds is 3. The van der Waals surface area contributed by atoms with Crippen molar-refractivity contribution in [3.05, 3.63) is 40.9 Å². The van der Waals surface area contributed by atoms with Gasteiger partial charge in [0.25, 0.3) is 0 Å². The van der Waals surface area contributed by atoms with Gasteiger partial charge in [-0.15, -0.1) is 6.58 Å². The van der Waals surface area contributed by atoms with Crippen molar-refractivity contribution in [3.63, 3.8) is 0 Å². The number of nitrogens with one attached hydrogen (secondary N) is 1. The summed E-state index contributed by atoms with van der Waals surface area (Å²) < 4.78 is 37.9. The maximum Gasteiger partial charge on any atom is 0.416 e. The van der Waals surface area contributed by atoms with Gasteiger partial charge < -0.3 is 5.32 Å². The SMILES string of the molecule is C=CC(C)Nc1cc(Br)cc(C(F)(F)F)c1. The fourth-order valence-electron chi connectivity index (χ4n) is 1.16. The highest BCUT2D eigenvalue weighted by Gasteiger charge is 2.31. The molecular weight excluding hydrogens is 283 g/mol. The number of benzene rings is 1. The Morgan fingerprint density at radius 3 is 2.50 bits per heavy atom. The molecule has 1 aromatic rings. The molecule has 1 rings (SSSR count). The van der Waals surface area contributed by atoms with Gasteiger partial charge in [-0.05, 0) is 25.1 Å². The Balaban J connectivity index is 3.03. The highest BCUT2D eigenvalue weighted by atomic mass is 79.9. The van der Waals surface area contributed by atoms with E-state index in [1.807, 2.05) is 0 Å². The third-order valence-corrected chi connectivity index (χ3v) is 2.43. The summed E-state index contributed by atoms with van der Waals surface area (Å²) in [6, 6.07) is 3.62. The smallest absolute Gasteiger partial charge is 0.379 e. The lowest BCUT2D eigenvalue weighted by Crippen LogP contribution is -2.12. The average Bonchev–Trinajstić information content (AvgIpc) is 2.15. The molecule has 0 saturated carbocycles. The number of anilines is 1. The molecule has 5 heteroatoms. The van der Waals surface area contributed by atoms with Gasteiger partial charge in [0.15, 0.2) is 0 Å². The minimum atomic E-state index is -4.34. The molecule has 1 nitrogen and oxygen atoms in total. The molecule has 0 bridgehead atoms. The van der Waals surface area contributed by atoms with E-state index in [1.54, 1.807) is 19.1 Å². The second-order valence-electron chi connectivity index (χ2n) is 3.40. The van der Waals surface area contributed by atoms with Crippen LogP contribution in [0.3, 0.4) is 0 Å². The monoisotopic (exact) mass is 293 g/mol. The van der Waals surface area contributed by atoms with Gasteiger partial charge in [0.05, 0.1) is 5.56 Å². The summed E-state index contributed by atoms with van der Waals surface area (Å²) >= 11 is 3.05. The van der Waals surface area contributed by atoms with Gasteiger partial charge in [0.2, 0.25) is 0 Å². The zero-order chi connectivity index (χ0) is 12.3. The highest BCUT2D eigenvalue weighted by Crippen LogP contribution is 2.33.